The first-order chi connectivity index (χ1) is 5.52. The van der Waals surface area contributed by atoms with E-state index in [9.17, 15) is 8.78 Å². The van der Waals surface area contributed by atoms with Gasteiger partial charge in [-0.05, 0) is 28.7 Å². The summed E-state index contributed by atoms with van der Waals surface area (Å²) in [6.07, 6.45) is -2.61. The number of hydrogen-bond donors (Lipinski definition) is 2. The summed E-state index contributed by atoms with van der Waals surface area (Å²) >= 11 is 1.80. The average Bonchev–Trinajstić information content (AvgIpc) is 1.96. The van der Waals surface area contributed by atoms with Gasteiger partial charge in [0.05, 0.1) is 5.69 Å². The van der Waals surface area contributed by atoms with Gasteiger partial charge in [-0.1, -0.05) is 0 Å². The molecule has 1 heterocycles. The van der Waals surface area contributed by atoms with Gasteiger partial charge in [0.2, 0.25) is 0 Å². The quantitative estimate of drug-likeness (QED) is 0.610. The van der Waals surface area contributed by atoms with E-state index in [2.05, 4.69) is 4.98 Å². The molecule has 0 saturated carbocycles. The summed E-state index contributed by atoms with van der Waals surface area (Å²) in [7, 11) is 0. The largest absolute Gasteiger partial charge is 0.395 e. The zero-order valence-corrected chi connectivity index (χ0v) is 8.05. The average molecular weight is 285 g/mol. The van der Waals surface area contributed by atoms with Crippen LogP contribution in [0.3, 0.4) is 0 Å². The Morgan fingerprint density at radius 3 is 2.50 bits per heavy atom. The molecule has 1 aromatic heterocycles. The first kappa shape index (κ1) is 9.43. The highest BCUT2D eigenvalue weighted by atomic mass is 127. The Hall–Kier alpha value is -0.660. The minimum atomic E-state index is -2.61. The van der Waals surface area contributed by atoms with Crippen molar-refractivity contribution in [1.82, 2.24) is 4.98 Å². The molecular weight excluding hydrogens is 279 g/mol. The summed E-state index contributed by atoms with van der Waals surface area (Å²) in [5.41, 5.74) is 10.2. The number of rotatable bonds is 1. The van der Waals surface area contributed by atoms with Crippen molar-refractivity contribution in [3.8, 4) is 0 Å². The maximum Gasteiger partial charge on any atom is 0.266 e. The minimum Gasteiger partial charge on any atom is -0.395 e. The fourth-order valence-electron chi connectivity index (χ4n) is 0.742. The highest BCUT2D eigenvalue weighted by Gasteiger charge is 2.14. The summed E-state index contributed by atoms with van der Waals surface area (Å²) in [5, 5.41) is 0. The van der Waals surface area contributed by atoms with Crippen LogP contribution in [0.15, 0.2) is 6.07 Å². The molecule has 0 aromatic carbocycles. The van der Waals surface area contributed by atoms with Crippen LogP contribution < -0.4 is 11.5 Å². The van der Waals surface area contributed by atoms with E-state index in [0.717, 1.165) is 0 Å². The third-order valence-corrected chi connectivity index (χ3v) is 1.88. The van der Waals surface area contributed by atoms with Crippen LogP contribution in [-0.4, -0.2) is 4.98 Å². The lowest BCUT2D eigenvalue weighted by Gasteiger charge is -2.06. The Morgan fingerprint density at radius 1 is 1.42 bits per heavy atom. The van der Waals surface area contributed by atoms with Crippen molar-refractivity contribution in [2.45, 2.75) is 6.43 Å². The van der Waals surface area contributed by atoms with E-state index >= 15 is 0 Å². The zero-order chi connectivity index (χ0) is 9.30. The van der Waals surface area contributed by atoms with Crippen molar-refractivity contribution in [3.63, 3.8) is 0 Å². The predicted octanol–water partition coefficient (Wildman–Crippen LogP) is 1.79. The van der Waals surface area contributed by atoms with Crippen molar-refractivity contribution < 1.29 is 8.78 Å². The molecule has 0 aliphatic rings. The fraction of sp³-hybridized carbons (Fsp3) is 0.167. The van der Waals surface area contributed by atoms with Gasteiger partial charge in [-0.25, -0.2) is 13.8 Å². The van der Waals surface area contributed by atoms with E-state index in [4.69, 9.17) is 11.5 Å². The third-order valence-electron chi connectivity index (χ3n) is 1.32. The van der Waals surface area contributed by atoms with Crippen molar-refractivity contribution >= 4 is 34.1 Å². The van der Waals surface area contributed by atoms with Crippen molar-refractivity contribution in [2.75, 3.05) is 11.5 Å². The number of nitrogens with zero attached hydrogens (tertiary/aromatic N) is 1. The number of nitrogen functional groups attached to an aromatic ring is 2. The number of pyridine rings is 1. The molecule has 1 rings (SSSR count). The second-order valence-electron chi connectivity index (χ2n) is 2.13. The molecule has 12 heavy (non-hydrogen) atoms. The fourth-order valence-corrected chi connectivity index (χ4v) is 1.34. The lowest BCUT2D eigenvalue weighted by Crippen LogP contribution is -2.04. The standard InChI is InChI=1S/C6H6F2IN3/c7-5(8)2-1-3(9)12-6(11)4(2)10/h1,5H,10H2,(H2,11,12). The molecule has 0 unspecified atom stereocenters. The van der Waals surface area contributed by atoms with Crippen molar-refractivity contribution in [2.24, 2.45) is 0 Å². The monoisotopic (exact) mass is 285 g/mol. The number of aromatic nitrogens is 1. The molecule has 0 aliphatic carbocycles. The van der Waals surface area contributed by atoms with Crippen LogP contribution in [0.2, 0.25) is 0 Å². The van der Waals surface area contributed by atoms with Gasteiger partial charge in [-0.2, -0.15) is 0 Å². The van der Waals surface area contributed by atoms with Gasteiger partial charge in [0.1, 0.15) is 9.52 Å². The number of alkyl halides is 2. The van der Waals surface area contributed by atoms with Gasteiger partial charge in [-0.3, -0.25) is 0 Å². The molecule has 3 nitrogen and oxygen atoms in total. The minimum absolute atomic E-state index is 0.0443. The third kappa shape index (κ3) is 1.74. The van der Waals surface area contributed by atoms with E-state index in [-0.39, 0.29) is 17.1 Å². The first-order valence-electron chi connectivity index (χ1n) is 3.02. The van der Waals surface area contributed by atoms with Gasteiger partial charge in [0.25, 0.3) is 6.43 Å². The highest BCUT2D eigenvalue weighted by Crippen LogP contribution is 2.28. The Morgan fingerprint density at radius 2 is 2.00 bits per heavy atom. The second-order valence-corrected chi connectivity index (χ2v) is 3.24. The summed E-state index contributed by atoms with van der Waals surface area (Å²) in [6.45, 7) is 0. The van der Waals surface area contributed by atoms with E-state index in [1.54, 1.807) is 22.6 Å². The van der Waals surface area contributed by atoms with Crippen LogP contribution in [0.4, 0.5) is 20.3 Å². The van der Waals surface area contributed by atoms with Gasteiger partial charge in [0.15, 0.2) is 0 Å². The van der Waals surface area contributed by atoms with Crippen molar-refractivity contribution in [3.05, 3.63) is 15.3 Å². The van der Waals surface area contributed by atoms with Gasteiger partial charge >= 0.3 is 0 Å². The number of hydrogen-bond acceptors (Lipinski definition) is 3. The number of nitrogens with two attached hydrogens (primary N) is 2. The van der Waals surface area contributed by atoms with Crippen LogP contribution in [0.1, 0.15) is 12.0 Å². The molecule has 0 spiro atoms. The molecule has 66 valence electrons. The highest BCUT2D eigenvalue weighted by molar-refractivity contribution is 14.1. The van der Waals surface area contributed by atoms with E-state index in [0.29, 0.717) is 3.70 Å². The van der Waals surface area contributed by atoms with E-state index in [1.807, 2.05) is 0 Å². The molecular formula is C6H6F2IN3. The predicted molar refractivity (Wildman–Crippen MR) is 50.7 cm³/mol. The van der Waals surface area contributed by atoms with Gasteiger partial charge in [0, 0.05) is 5.56 Å². The Bertz CT molecular complexity index is 303. The van der Waals surface area contributed by atoms with Crippen LogP contribution in [-0.2, 0) is 0 Å². The summed E-state index contributed by atoms with van der Waals surface area (Å²) in [6, 6.07) is 1.22. The smallest absolute Gasteiger partial charge is 0.266 e. The Kier molecular flexibility index (Phi) is 2.65. The Labute approximate surface area is 81.3 Å². The molecule has 0 atom stereocenters. The first-order valence-corrected chi connectivity index (χ1v) is 4.09. The molecule has 0 aliphatic heterocycles. The molecule has 4 N–H and O–H groups in total. The van der Waals surface area contributed by atoms with Gasteiger partial charge < -0.3 is 11.5 Å². The molecule has 0 bridgehead atoms. The molecule has 6 heteroatoms. The SMILES string of the molecule is Nc1nc(I)cc(C(F)F)c1N. The van der Waals surface area contributed by atoms with Crippen LogP contribution in [0.5, 0.6) is 0 Å². The summed E-state index contributed by atoms with van der Waals surface area (Å²) in [4.78, 5) is 3.72. The van der Waals surface area contributed by atoms with E-state index in [1.165, 1.54) is 6.07 Å². The lowest BCUT2D eigenvalue weighted by molar-refractivity contribution is 0.152. The number of halogens is 3. The topological polar surface area (TPSA) is 64.9 Å². The maximum absolute atomic E-state index is 12.2. The molecule has 0 saturated heterocycles. The van der Waals surface area contributed by atoms with E-state index < -0.39 is 6.43 Å². The lowest BCUT2D eigenvalue weighted by atomic mass is 10.2. The Balaban J connectivity index is 3.28. The van der Waals surface area contributed by atoms with Crippen LogP contribution in [0, 0.1) is 3.70 Å². The van der Waals surface area contributed by atoms with Crippen LogP contribution >= 0.6 is 22.6 Å². The maximum atomic E-state index is 12.2. The summed E-state index contributed by atoms with van der Waals surface area (Å²) in [5.74, 6) is -0.0443. The van der Waals surface area contributed by atoms with Crippen LogP contribution in [0.25, 0.3) is 0 Å². The van der Waals surface area contributed by atoms with Gasteiger partial charge in [-0.15, -0.1) is 0 Å². The number of anilines is 2. The molecule has 0 amide bonds. The zero-order valence-electron chi connectivity index (χ0n) is 5.89. The normalized spacial score (nSPS) is 10.7. The molecule has 0 fully saturated rings. The molecule has 1 aromatic rings. The molecule has 0 radical (unpaired) electrons. The second kappa shape index (κ2) is 3.38. The summed E-state index contributed by atoms with van der Waals surface area (Å²) < 4.78 is 24.9. The van der Waals surface area contributed by atoms with Crippen molar-refractivity contribution in [1.29, 1.82) is 0 Å².